The van der Waals surface area contributed by atoms with Crippen molar-refractivity contribution < 1.29 is 23.8 Å². The Morgan fingerprint density at radius 2 is 1.13 bits per heavy atom. The van der Waals surface area contributed by atoms with Crippen LogP contribution in [0.1, 0.15) is 96.0 Å². The van der Waals surface area contributed by atoms with Crippen LogP contribution in [0, 0.1) is 6.92 Å². The molecule has 0 saturated heterocycles. The van der Waals surface area contributed by atoms with Crippen molar-refractivity contribution in [3.63, 3.8) is 0 Å². The number of hydrogen-bond donors (Lipinski definition) is 0. The summed E-state index contributed by atoms with van der Waals surface area (Å²) in [7, 11) is 0. The third kappa shape index (κ3) is 16.3. The fourth-order valence-electron chi connectivity index (χ4n) is 3.12. The Balaban J connectivity index is 1.81. The second-order valence-corrected chi connectivity index (χ2v) is 8.14. The first-order valence-electron chi connectivity index (χ1n) is 12.1. The summed E-state index contributed by atoms with van der Waals surface area (Å²) in [6.07, 6.45) is 11.9. The topological polar surface area (TPSA) is 61.8 Å². The minimum Gasteiger partial charge on any atom is -0.494 e. The largest absolute Gasteiger partial charge is 0.494 e. The van der Waals surface area contributed by atoms with E-state index in [0.717, 1.165) is 63.7 Å². The van der Waals surface area contributed by atoms with Crippen LogP contribution in [0.5, 0.6) is 5.75 Å². The number of esters is 2. The SMILES string of the molecule is CCCCC(=O)OCCCCCC(=O)OCCCCCCCCOc1ccc(C)cc1. The van der Waals surface area contributed by atoms with E-state index in [1.54, 1.807) is 0 Å². The molecule has 0 radical (unpaired) electrons. The zero-order chi connectivity index (χ0) is 22.6. The quantitative estimate of drug-likeness (QED) is 0.182. The van der Waals surface area contributed by atoms with Crippen molar-refractivity contribution in [1.82, 2.24) is 0 Å². The van der Waals surface area contributed by atoms with Crippen molar-refractivity contribution in [1.29, 1.82) is 0 Å². The Bertz CT molecular complexity index is 582. The first kappa shape index (κ1) is 27.0. The fraction of sp³-hybridized carbons (Fsp3) is 0.692. The van der Waals surface area contributed by atoms with Gasteiger partial charge in [-0.1, -0.05) is 56.7 Å². The van der Waals surface area contributed by atoms with Crippen LogP contribution < -0.4 is 4.74 Å². The number of unbranched alkanes of at least 4 members (excludes halogenated alkanes) is 8. The average molecular weight is 435 g/mol. The Kier molecular flexibility index (Phi) is 16.3. The van der Waals surface area contributed by atoms with Crippen molar-refractivity contribution in [2.45, 2.75) is 97.3 Å². The molecule has 0 aromatic heterocycles. The molecule has 0 unspecified atom stereocenters. The van der Waals surface area contributed by atoms with Gasteiger partial charge in [0.1, 0.15) is 5.75 Å². The lowest BCUT2D eigenvalue weighted by molar-refractivity contribution is -0.145. The van der Waals surface area contributed by atoms with Gasteiger partial charge in [0, 0.05) is 12.8 Å². The number of rotatable bonds is 19. The molecule has 0 heterocycles. The molecule has 0 spiro atoms. The molecular formula is C26H42O5. The summed E-state index contributed by atoms with van der Waals surface area (Å²) in [6.45, 7) is 5.86. The van der Waals surface area contributed by atoms with Gasteiger partial charge in [-0.3, -0.25) is 9.59 Å². The molecule has 0 aliphatic rings. The van der Waals surface area contributed by atoms with Crippen LogP contribution in [-0.2, 0) is 19.1 Å². The second-order valence-electron chi connectivity index (χ2n) is 8.14. The van der Waals surface area contributed by atoms with E-state index < -0.39 is 0 Å². The van der Waals surface area contributed by atoms with Gasteiger partial charge in [0.2, 0.25) is 0 Å². The van der Waals surface area contributed by atoms with Gasteiger partial charge in [0.15, 0.2) is 0 Å². The third-order valence-electron chi connectivity index (χ3n) is 5.11. The maximum Gasteiger partial charge on any atom is 0.305 e. The summed E-state index contributed by atoms with van der Waals surface area (Å²) < 4.78 is 16.2. The highest BCUT2D eigenvalue weighted by Crippen LogP contribution is 2.13. The van der Waals surface area contributed by atoms with Crippen LogP contribution in [0.4, 0.5) is 0 Å². The molecule has 0 aliphatic carbocycles. The predicted octanol–water partition coefficient (Wildman–Crippen LogP) is 6.55. The van der Waals surface area contributed by atoms with E-state index in [9.17, 15) is 9.59 Å². The van der Waals surface area contributed by atoms with Gasteiger partial charge in [0.25, 0.3) is 0 Å². The van der Waals surface area contributed by atoms with E-state index >= 15 is 0 Å². The second kappa shape index (κ2) is 18.7. The number of benzene rings is 1. The van der Waals surface area contributed by atoms with Crippen LogP contribution >= 0.6 is 0 Å². The Morgan fingerprint density at radius 3 is 1.71 bits per heavy atom. The molecule has 0 amide bonds. The minimum atomic E-state index is -0.117. The summed E-state index contributed by atoms with van der Waals surface area (Å²) in [4.78, 5) is 23.1. The van der Waals surface area contributed by atoms with Crippen LogP contribution in [0.2, 0.25) is 0 Å². The normalized spacial score (nSPS) is 10.6. The van der Waals surface area contributed by atoms with E-state index in [4.69, 9.17) is 14.2 Å². The van der Waals surface area contributed by atoms with Gasteiger partial charge in [-0.2, -0.15) is 0 Å². The molecule has 176 valence electrons. The molecule has 1 rings (SSSR count). The van der Waals surface area contributed by atoms with E-state index in [2.05, 4.69) is 26.0 Å². The summed E-state index contributed by atoms with van der Waals surface area (Å²) >= 11 is 0. The molecule has 0 saturated carbocycles. The van der Waals surface area contributed by atoms with Crippen molar-refractivity contribution in [3.8, 4) is 5.75 Å². The van der Waals surface area contributed by atoms with Crippen LogP contribution in [0.3, 0.4) is 0 Å². The Hall–Kier alpha value is -2.04. The number of aryl methyl sites for hydroxylation is 1. The monoisotopic (exact) mass is 434 g/mol. The standard InChI is InChI=1S/C26H42O5/c1-3-4-14-25(27)30-22-13-9-10-15-26(28)31-21-12-8-6-5-7-11-20-29-24-18-16-23(2)17-19-24/h16-19H,3-15,20-22H2,1-2H3. The highest BCUT2D eigenvalue weighted by molar-refractivity contribution is 5.69. The minimum absolute atomic E-state index is 0.114. The van der Waals surface area contributed by atoms with E-state index in [1.165, 1.54) is 24.8 Å². The maximum atomic E-state index is 11.7. The summed E-state index contributed by atoms with van der Waals surface area (Å²) in [5, 5.41) is 0. The molecule has 0 bridgehead atoms. The molecule has 5 heteroatoms. The predicted molar refractivity (Wildman–Crippen MR) is 124 cm³/mol. The smallest absolute Gasteiger partial charge is 0.305 e. The molecule has 0 atom stereocenters. The molecule has 31 heavy (non-hydrogen) atoms. The number of carbonyl (C=O) groups excluding carboxylic acids is 2. The zero-order valence-electron chi connectivity index (χ0n) is 19.7. The maximum absolute atomic E-state index is 11.7. The fourth-order valence-corrected chi connectivity index (χ4v) is 3.12. The molecule has 0 fully saturated rings. The van der Waals surface area contributed by atoms with Crippen molar-refractivity contribution in [3.05, 3.63) is 29.8 Å². The molecule has 1 aromatic rings. The molecule has 5 nitrogen and oxygen atoms in total. The van der Waals surface area contributed by atoms with Gasteiger partial charge in [-0.05, 0) is 57.6 Å². The van der Waals surface area contributed by atoms with Crippen molar-refractivity contribution in [2.75, 3.05) is 19.8 Å². The molecular weight excluding hydrogens is 392 g/mol. The lowest BCUT2D eigenvalue weighted by Gasteiger charge is -2.07. The van der Waals surface area contributed by atoms with Crippen LogP contribution in [-0.4, -0.2) is 31.8 Å². The highest BCUT2D eigenvalue weighted by atomic mass is 16.5. The molecule has 0 aliphatic heterocycles. The number of ether oxygens (including phenoxy) is 3. The number of carbonyl (C=O) groups is 2. The van der Waals surface area contributed by atoms with Gasteiger partial charge >= 0.3 is 11.9 Å². The number of hydrogen-bond acceptors (Lipinski definition) is 5. The van der Waals surface area contributed by atoms with Gasteiger partial charge in [0.05, 0.1) is 19.8 Å². The Labute approximate surface area is 188 Å². The average Bonchev–Trinajstić information content (AvgIpc) is 2.77. The van der Waals surface area contributed by atoms with Crippen LogP contribution in [0.15, 0.2) is 24.3 Å². The summed E-state index contributed by atoms with van der Waals surface area (Å²) in [5.74, 6) is 0.711. The lowest BCUT2D eigenvalue weighted by Crippen LogP contribution is -2.07. The lowest BCUT2D eigenvalue weighted by atomic mass is 10.1. The van der Waals surface area contributed by atoms with Crippen LogP contribution in [0.25, 0.3) is 0 Å². The zero-order valence-corrected chi connectivity index (χ0v) is 19.7. The van der Waals surface area contributed by atoms with Gasteiger partial charge < -0.3 is 14.2 Å². The Morgan fingerprint density at radius 1 is 0.645 bits per heavy atom. The highest BCUT2D eigenvalue weighted by Gasteiger charge is 2.04. The van der Waals surface area contributed by atoms with Gasteiger partial charge in [-0.25, -0.2) is 0 Å². The summed E-state index contributed by atoms with van der Waals surface area (Å²) in [5.41, 5.74) is 1.25. The van der Waals surface area contributed by atoms with Gasteiger partial charge in [-0.15, -0.1) is 0 Å². The summed E-state index contributed by atoms with van der Waals surface area (Å²) in [6, 6.07) is 8.17. The van der Waals surface area contributed by atoms with E-state index in [-0.39, 0.29) is 11.9 Å². The first-order chi connectivity index (χ1) is 15.1. The van der Waals surface area contributed by atoms with E-state index in [0.29, 0.717) is 26.1 Å². The molecule has 1 aromatic carbocycles. The molecule has 0 N–H and O–H groups in total. The van der Waals surface area contributed by atoms with E-state index in [1.807, 2.05) is 12.1 Å². The van der Waals surface area contributed by atoms with Crippen molar-refractivity contribution >= 4 is 11.9 Å². The van der Waals surface area contributed by atoms with Crippen molar-refractivity contribution in [2.24, 2.45) is 0 Å². The third-order valence-corrected chi connectivity index (χ3v) is 5.11. The first-order valence-corrected chi connectivity index (χ1v) is 12.1.